The molecule has 0 spiro atoms. The lowest BCUT2D eigenvalue weighted by Gasteiger charge is -2.25. The van der Waals surface area contributed by atoms with Crippen LogP contribution in [-0.2, 0) is 35.8 Å². The fourth-order valence-corrected chi connectivity index (χ4v) is 4.96. The monoisotopic (exact) mass is 538 g/mol. The van der Waals surface area contributed by atoms with E-state index in [1.54, 1.807) is 21.5 Å². The number of carbonyl (C=O) groups is 2. The summed E-state index contributed by atoms with van der Waals surface area (Å²) in [5.41, 5.74) is -0.467. The number of Topliss-reactive ketones (excluding diaryl/α,β-unsaturated/α-hetero) is 2. The zero-order valence-corrected chi connectivity index (χ0v) is 24.2. The van der Waals surface area contributed by atoms with Gasteiger partial charge in [-0.3, -0.25) is 18.7 Å². The number of carbonyl (C=O) groups excluding carboxylic acids is 2. The molecule has 0 aliphatic carbocycles. The number of hydrogen-bond acceptors (Lipinski definition) is 6. The maximum absolute atomic E-state index is 12.5. The topological polar surface area (TPSA) is 94.3 Å². The second-order valence-corrected chi connectivity index (χ2v) is 11.9. The molecule has 36 heavy (non-hydrogen) atoms. The maximum Gasteiger partial charge on any atom is 0.210 e. The van der Waals surface area contributed by atoms with E-state index in [1.165, 1.54) is 0 Å². The van der Waals surface area contributed by atoms with Crippen molar-refractivity contribution in [1.29, 1.82) is 0 Å². The van der Waals surface area contributed by atoms with Crippen molar-refractivity contribution in [2.75, 3.05) is 0 Å². The molecule has 2 aromatic rings. The number of ketones is 2. The van der Waals surface area contributed by atoms with E-state index >= 15 is 0 Å². The van der Waals surface area contributed by atoms with Crippen LogP contribution in [0.3, 0.4) is 0 Å². The first-order valence-electron chi connectivity index (χ1n) is 12.7. The third-order valence-corrected chi connectivity index (χ3v) is 7.66. The molecular weight excluding hydrogens is 496 g/mol. The average molecular weight is 539 g/mol. The highest BCUT2D eigenvalue weighted by Gasteiger charge is 2.24. The Balaban J connectivity index is 1.79. The lowest BCUT2D eigenvalue weighted by Crippen LogP contribution is -2.22. The molecule has 0 bridgehead atoms. The van der Waals surface area contributed by atoms with E-state index < -0.39 is 0 Å². The van der Waals surface area contributed by atoms with Gasteiger partial charge in [0, 0.05) is 51.9 Å². The van der Waals surface area contributed by atoms with Crippen LogP contribution >= 0.6 is 24.4 Å². The van der Waals surface area contributed by atoms with Crippen LogP contribution in [0.25, 0.3) is 0 Å². The van der Waals surface area contributed by atoms with E-state index in [-0.39, 0.29) is 47.0 Å². The number of hydrogen-bond donors (Lipinski definition) is 2. The minimum atomic E-state index is -0.233. The van der Waals surface area contributed by atoms with Gasteiger partial charge in [-0.15, -0.1) is 0 Å². The molecular formula is C26H42N4O4S2. The third kappa shape index (κ3) is 8.16. The summed E-state index contributed by atoms with van der Waals surface area (Å²) in [4.78, 5) is 25.0. The van der Waals surface area contributed by atoms with Crippen molar-refractivity contribution in [3.63, 3.8) is 0 Å². The van der Waals surface area contributed by atoms with E-state index in [1.807, 2.05) is 23.0 Å². The molecule has 0 radical (unpaired) electrons. The zero-order valence-electron chi connectivity index (χ0n) is 22.5. The molecule has 2 heterocycles. The van der Waals surface area contributed by atoms with E-state index in [0.717, 1.165) is 0 Å². The highest BCUT2D eigenvalue weighted by molar-refractivity contribution is 7.71. The molecule has 202 valence electrons. The van der Waals surface area contributed by atoms with E-state index in [9.17, 15) is 19.8 Å². The SMILES string of the molecule is CCn1cc(O)n(CC(C)(C)CCC(=O)CCC(=O)CCC(C)(C)Cn2c(O)cn(CC)c2=S)c1=S. The molecule has 2 rings (SSSR count). The Morgan fingerprint density at radius 3 is 1.33 bits per heavy atom. The minimum absolute atomic E-state index is 0.0757. The molecule has 10 heteroatoms. The number of aryl methyl sites for hydroxylation is 2. The molecule has 0 saturated carbocycles. The largest absolute Gasteiger partial charge is 0.493 e. The highest BCUT2D eigenvalue weighted by atomic mass is 32.1. The van der Waals surface area contributed by atoms with Crippen molar-refractivity contribution in [1.82, 2.24) is 18.3 Å². The Bertz CT molecular complexity index is 1090. The van der Waals surface area contributed by atoms with Gasteiger partial charge in [-0.1, -0.05) is 27.7 Å². The predicted octanol–water partition coefficient (Wildman–Crippen LogP) is 6.03. The normalized spacial score (nSPS) is 12.3. The predicted molar refractivity (Wildman–Crippen MR) is 146 cm³/mol. The van der Waals surface area contributed by atoms with Gasteiger partial charge in [-0.05, 0) is 62.0 Å². The summed E-state index contributed by atoms with van der Waals surface area (Å²) in [6.45, 7) is 14.6. The Morgan fingerprint density at radius 1 is 0.722 bits per heavy atom. The van der Waals surface area contributed by atoms with Crippen LogP contribution in [0.2, 0.25) is 0 Å². The van der Waals surface area contributed by atoms with Crippen LogP contribution in [-0.4, -0.2) is 40.0 Å². The van der Waals surface area contributed by atoms with Crippen molar-refractivity contribution in [3.8, 4) is 11.8 Å². The average Bonchev–Trinajstić information content (AvgIpc) is 3.23. The number of aromatic hydroxyl groups is 2. The lowest BCUT2D eigenvalue weighted by atomic mass is 9.85. The molecule has 8 nitrogen and oxygen atoms in total. The van der Waals surface area contributed by atoms with E-state index in [0.29, 0.717) is 61.4 Å². The van der Waals surface area contributed by atoms with Gasteiger partial charge in [0.15, 0.2) is 9.54 Å². The second-order valence-electron chi connectivity index (χ2n) is 11.2. The molecule has 0 aliphatic rings. The molecule has 0 fully saturated rings. The summed E-state index contributed by atoms with van der Waals surface area (Å²) in [6.07, 6.45) is 5.83. The van der Waals surface area contributed by atoms with Gasteiger partial charge in [-0.2, -0.15) is 0 Å². The molecule has 0 aliphatic heterocycles. The summed E-state index contributed by atoms with van der Waals surface area (Å²) in [7, 11) is 0. The van der Waals surface area contributed by atoms with Gasteiger partial charge in [0.2, 0.25) is 11.8 Å². The number of rotatable bonds is 15. The molecule has 0 amide bonds. The third-order valence-electron chi connectivity index (χ3n) is 6.75. The fraction of sp³-hybridized carbons (Fsp3) is 0.692. The zero-order chi connectivity index (χ0) is 27.3. The number of imidazole rings is 2. The van der Waals surface area contributed by atoms with Gasteiger partial charge in [0.1, 0.15) is 11.6 Å². The van der Waals surface area contributed by atoms with Gasteiger partial charge >= 0.3 is 0 Å². The van der Waals surface area contributed by atoms with E-state index in [2.05, 4.69) is 27.7 Å². The molecule has 0 unspecified atom stereocenters. The fourth-order valence-electron chi connectivity index (χ4n) is 4.28. The Kier molecular flexibility index (Phi) is 10.3. The first-order valence-corrected chi connectivity index (χ1v) is 13.5. The highest BCUT2D eigenvalue weighted by Crippen LogP contribution is 2.30. The molecule has 0 aromatic carbocycles. The molecule has 2 aromatic heterocycles. The summed E-state index contributed by atoms with van der Waals surface area (Å²) >= 11 is 10.9. The van der Waals surface area contributed by atoms with Crippen molar-refractivity contribution >= 4 is 36.0 Å². The second kappa shape index (κ2) is 12.4. The number of aromatic nitrogens is 4. The quantitative estimate of drug-likeness (QED) is 0.269. The van der Waals surface area contributed by atoms with Gasteiger partial charge in [-0.25, -0.2) is 0 Å². The summed E-state index contributed by atoms with van der Waals surface area (Å²) in [6, 6.07) is 0. The standard InChI is InChI=1S/C26H42N4O4S2/c1-7-27-15-21(33)29(23(27)35)17-25(3,4)13-11-19(31)9-10-20(32)12-14-26(5,6)18-30-22(34)16-28(8-2)24(30)36/h15-16,33-34H,7-14,17-18H2,1-6H3. The first-order chi connectivity index (χ1) is 16.7. The Hall–Kier alpha value is -2.20. The molecule has 0 atom stereocenters. The van der Waals surface area contributed by atoms with Crippen LogP contribution in [0.4, 0.5) is 0 Å². The van der Waals surface area contributed by atoms with E-state index in [4.69, 9.17) is 24.4 Å². The van der Waals surface area contributed by atoms with Crippen LogP contribution in [0.5, 0.6) is 11.8 Å². The van der Waals surface area contributed by atoms with Crippen molar-refractivity contribution in [3.05, 3.63) is 21.9 Å². The summed E-state index contributed by atoms with van der Waals surface area (Å²) in [5, 5.41) is 20.4. The van der Waals surface area contributed by atoms with Crippen molar-refractivity contribution in [2.45, 2.75) is 106 Å². The smallest absolute Gasteiger partial charge is 0.210 e. The van der Waals surface area contributed by atoms with Crippen LogP contribution in [0.1, 0.15) is 80.1 Å². The van der Waals surface area contributed by atoms with Gasteiger partial charge in [0.25, 0.3) is 0 Å². The number of nitrogens with zero attached hydrogens (tertiary/aromatic N) is 4. The van der Waals surface area contributed by atoms with Crippen LogP contribution in [0.15, 0.2) is 12.4 Å². The van der Waals surface area contributed by atoms with Gasteiger partial charge in [0.05, 0.1) is 12.4 Å². The summed E-state index contributed by atoms with van der Waals surface area (Å²) in [5.74, 6) is 0.420. The summed E-state index contributed by atoms with van der Waals surface area (Å²) < 4.78 is 8.19. The lowest BCUT2D eigenvalue weighted by molar-refractivity contribution is -0.124. The Labute approximate surface area is 224 Å². The van der Waals surface area contributed by atoms with Crippen molar-refractivity contribution in [2.24, 2.45) is 10.8 Å². The minimum Gasteiger partial charge on any atom is -0.493 e. The van der Waals surface area contributed by atoms with Crippen molar-refractivity contribution < 1.29 is 19.8 Å². The molecule has 0 saturated heterocycles. The van der Waals surface area contributed by atoms with Gasteiger partial charge < -0.3 is 19.3 Å². The molecule has 2 N–H and O–H groups in total. The first kappa shape index (κ1) is 30.0. The maximum atomic E-state index is 12.5. The Morgan fingerprint density at radius 2 is 1.06 bits per heavy atom. The van der Waals surface area contributed by atoms with Crippen LogP contribution < -0.4 is 0 Å². The van der Waals surface area contributed by atoms with Crippen LogP contribution in [0, 0.1) is 20.4 Å².